The summed E-state index contributed by atoms with van der Waals surface area (Å²) in [6.45, 7) is 17.1. The minimum Gasteiger partial charge on any atom is -0.351 e. The van der Waals surface area contributed by atoms with Crippen LogP contribution in [0.15, 0.2) is 184 Å². The smallest absolute Gasteiger partial charge is 0.255 e. The van der Waals surface area contributed by atoms with Crippen LogP contribution >= 0.6 is 0 Å². The van der Waals surface area contributed by atoms with E-state index >= 15 is 0 Å². The number of carbonyl (C=O) groups is 6. The molecule has 27 nitrogen and oxygen atoms in total. The minimum absolute atomic E-state index is 0.0153. The number of fused-ring (bicyclic) bond motifs is 4. The number of aromatic nitrogens is 10. The van der Waals surface area contributed by atoms with Crippen molar-refractivity contribution in [1.29, 1.82) is 5.26 Å². The number of piperidine rings is 4. The van der Waals surface area contributed by atoms with Crippen molar-refractivity contribution >= 4 is 89.6 Å². The Hall–Kier alpha value is -12.5. The van der Waals surface area contributed by atoms with Gasteiger partial charge in [0.15, 0.2) is 0 Å². The van der Waals surface area contributed by atoms with E-state index in [9.17, 15) is 46.0 Å². The highest BCUT2D eigenvalue weighted by Gasteiger charge is 2.34. The lowest BCUT2D eigenvalue weighted by Gasteiger charge is -2.34. The number of hydrogen-bond acceptors (Lipinski definition) is 16. The Balaban J connectivity index is 0.000000139. The quantitative estimate of drug-likeness (QED) is 0.0653. The monoisotopic (exact) mass is 1630 g/mol. The second-order valence-electron chi connectivity index (χ2n) is 32.5. The summed E-state index contributed by atoms with van der Waals surface area (Å²) in [4.78, 5) is 110. The van der Waals surface area contributed by atoms with E-state index in [1.165, 1.54) is 25.2 Å². The molecule has 10 aromatic heterocycles. The zero-order chi connectivity index (χ0) is 84.3. The van der Waals surface area contributed by atoms with Crippen molar-refractivity contribution in [2.75, 3.05) is 78.2 Å². The number of hydrogen-bond donors (Lipinski definition) is 4. The number of alkyl halides is 2. The molecule has 4 fully saturated rings. The van der Waals surface area contributed by atoms with Gasteiger partial charge >= 0.3 is 0 Å². The predicted molar refractivity (Wildman–Crippen MR) is 453 cm³/mol. The Labute approximate surface area is 689 Å². The van der Waals surface area contributed by atoms with Crippen LogP contribution in [-0.4, -0.2) is 201 Å². The van der Waals surface area contributed by atoms with Gasteiger partial charge in [-0.05, 0) is 193 Å². The summed E-state index contributed by atoms with van der Waals surface area (Å²) in [7, 11) is -3.30. The van der Waals surface area contributed by atoms with E-state index in [1.54, 1.807) is 109 Å². The van der Waals surface area contributed by atoms with Gasteiger partial charge in [-0.3, -0.25) is 47.9 Å². The molecule has 4 aliphatic heterocycles. The van der Waals surface area contributed by atoms with E-state index in [4.69, 9.17) is 11.0 Å². The van der Waals surface area contributed by atoms with Gasteiger partial charge in [-0.2, -0.15) is 5.26 Å². The Morgan fingerprint density at radius 1 is 0.471 bits per heavy atom. The standard InChI is InChI=1S/C25H30FN5O2.C24H28FN5O4S.C21H24N4O.C19H17N5O/c1-24(2,3)16-29-22(32)18-12-20(15-27-13-18)31-8-5-17-11-19(14-28-21(17)31)23(33)30-9-6-25(4,26)7-10-30;1-24(25)8-13-29(14-9-24)23(32)19-15-18-7-12-30(21(18)27-16-19)20-5-3-17(4-6-20)22(31)26-10-11-28-35(2,33)34;1-15(22)16-6-5-7-19(13-16)25-11-8-17-12-18(14-23-20(17)25)21(26)24-9-3-2-4-10-24;20-10-14-8-17(13-21-11-14)24-7-4-15-9-16(12-22-18(15)24)19(25)23-5-2-1-3-6-23/h5,8,11-15H,6-7,9-10,16H2,1-4H3,(H,29,32);3-7,12,15-16,28H,8-11,13-14H2,1-2H3,(H,26,31);5-8,11-15H,2-4,9-10,22H2,1H3;4,7-9,11-13H,1-3,5-6H2. The van der Waals surface area contributed by atoms with Gasteiger partial charge < -0.3 is 45.1 Å². The molecular formula is C89H99F2N19O8S. The van der Waals surface area contributed by atoms with Crippen LogP contribution < -0.4 is 21.1 Å². The average molecular weight is 1630 g/mol. The van der Waals surface area contributed by atoms with E-state index in [0.29, 0.717) is 114 Å². The highest BCUT2D eigenvalue weighted by molar-refractivity contribution is 7.88. The maximum absolute atomic E-state index is 14.1. The number of likely N-dealkylation sites (tertiary alicyclic amines) is 4. The number of halogens is 2. The van der Waals surface area contributed by atoms with Gasteiger partial charge in [0.1, 0.15) is 40.0 Å². The molecule has 4 aliphatic rings. The fourth-order valence-corrected chi connectivity index (χ4v) is 15.1. The molecule has 0 aliphatic carbocycles. The second-order valence-corrected chi connectivity index (χ2v) is 34.3. The topological polar surface area (TPSA) is 332 Å². The lowest BCUT2D eigenvalue weighted by Crippen LogP contribution is -2.43. The zero-order valence-corrected chi connectivity index (χ0v) is 68.8. The molecule has 12 aromatic rings. The molecule has 1 atom stereocenters. The molecule has 0 saturated carbocycles. The van der Waals surface area contributed by atoms with Crippen molar-refractivity contribution in [2.45, 2.75) is 123 Å². The van der Waals surface area contributed by atoms with E-state index in [-0.39, 0.29) is 60.0 Å². The number of nitrogens with one attached hydrogen (secondary N) is 3. The molecule has 0 bridgehead atoms. The summed E-state index contributed by atoms with van der Waals surface area (Å²) in [5, 5.41) is 18.1. The van der Waals surface area contributed by atoms with Crippen molar-refractivity contribution < 1.29 is 46.0 Å². The fraction of sp³-hybridized carbons (Fsp3) is 0.360. The van der Waals surface area contributed by atoms with Crippen molar-refractivity contribution in [1.82, 2.24) is 83.1 Å². The lowest BCUT2D eigenvalue weighted by atomic mass is 9.95. The van der Waals surface area contributed by atoms with Gasteiger partial charge in [0.25, 0.3) is 35.4 Å². The molecule has 1 unspecified atom stereocenters. The molecule has 119 heavy (non-hydrogen) atoms. The zero-order valence-electron chi connectivity index (χ0n) is 68.0. The molecule has 14 heterocycles. The van der Waals surface area contributed by atoms with Gasteiger partial charge in [0.2, 0.25) is 10.0 Å². The number of rotatable bonds is 16. The third-order valence-electron chi connectivity index (χ3n) is 21.6. The number of nitrogens with two attached hydrogens (primary N) is 1. The SMILES string of the molecule is CC(C)(C)CNC(=O)c1cncc(-n2ccc3cc(C(=O)N4CCC(C)(F)CC4)cnc32)c1.CC(N)c1cccc(-n2ccc3cc(C(=O)N4CCCCC4)cnc32)c1.CC1(F)CCN(C(=O)c2cnc3c(ccn3-c3ccc(C(=O)NCCNS(C)(=O)=O)cc3)c2)CC1.N#Cc1cncc(-n2ccc3cc(C(=O)N4CCCCC4)cnc32)c1. The van der Waals surface area contributed by atoms with E-state index in [0.717, 1.165) is 114 Å². The third kappa shape index (κ3) is 21.1. The first-order chi connectivity index (χ1) is 56.9. The van der Waals surface area contributed by atoms with Gasteiger partial charge in [-0.25, -0.2) is 41.9 Å². The first-order valence-corrected chi connectivity index (χ1v) is 42.1. The Morgan fingerprint density at radius 3 is 1.28 bits per heavy atom. The first-order valence-electron chi connectivity index (χ1n) is 40.2. The molecule has 0 radical (unpaired) electrons. The second kappa shape index (κ2) is 36.6. The Bertz CT molecular complexity index is 5870. The molecule has 2 aromatic carbocycles. The molecule has 6 amide bonds. The lowest BCUT2D eigenvalue weighted by molar-refractivity contribution is 0.0493. The van der Waals surface area contributed by atoms with Crippen molar-refractivity contribution in [3.05, 3.63) is 228 Å². The summed E-state index contributed by atoms with van der Waals surface area (Å²) in [6.07, 6.45) is 29.5. The van der Waals surface area contributed by atoms with Crippen molar-refractivity contribution in [2.24, 2.45) is 11.1 Å². The number of carbonyl (C=O) groups excluding carboxylic acids is 6. The number of sulfonamides is 1. The largest absolute Gasteiger partial charge is 0.351 e. The highest BCUT2D eigenvalue weighted by atomic mass is 32.2. The van der Waals surface area contributed by atoms with E-state index < -0.39 is 21.4 Å². The van der Waals surface area contributed by atoms with Crippen LogP contribution in [0.2, 0.25) is 0 Å². The minimum atomic E-state index is -3.30. The van der Waals surface area contributed by atoms with Crippen LogP contribution in [0.4, 0.5) is 8.78 Å². The van der Waals surface area contributed by atoms with Crippen LogP contribution in [0.3, 0.4) is 0 Å². The summed E-state index contributed by atoms with van der Waals surface area (Å²) in [6, 6.07) is 35.8. The van der Waals surface area contributed by atoms with Crippen LogP contribution in [0.5, 0.6) is 0 Å². The molecule has 618 valence electrons. The number of nitrogens with zero attached hydrogens (tertiary/aromatic N) is 15. The van der Waals surface area contributed by atoms with Gasteiger partial charge in [0, 0.05) is 178 Å². The van der Waals surface area contributed by atoms with E-state index in [2.05, 4.69) is 78.2 Å². The molecule has 5 N–H and O–H groups in total. The maximum atomic E-state index is 14.1. The van der Waals surface area contributed by atoms with Gasteiger partial charge in [-0.1, -0.05) is 32.9 Å². The molecule has 30 heteroatoms. The summed E-state index contributed by atoms with van der Waals surface area (Å²) in [5.41, 5.74) is 14.5. The predicted octanol–water partition coefficient (Wildman–Crippen LogP) is 13.0. The van der Waals surface area contributed by atoms with Gasteiger partial charge in [0.05, 0.1) is 63.4 Å². The average Bonchev–Trinajstić information content (AvgIpc) is 1.68. The van der Waals surface area contributed by atoms with Crippen molar-refractivity contribution in [3.63, 3.8) is 0 Å². The normalized spacial score (nSPS) is 15.6. The maximum Gasteiger partial charge on any atom is 0.255 e. The van der Waals surface area contributed by atoms with E-state index in [1.807, 2.05) is 114 Å². The van der Waals surface area contributed by atoms with Crippen LogP contribution in [-0.2, 0) is 10.0 Å². The van der Waals surface area contributed by atoms with Crippen LogP contribution in [0.25, 0.3) is 66.9 Å². The molecule has 16 rings (SSSR count). The summed E-state index contributed by atoms with van der Waals surface area (Å²) >= 11 is 0. The number of benzene rings is 2. The van der Waals surface area contributed by atoms with Crippen molar-refractivity contribution in [3.8, 4) is 28.8 Å². The Kier molecular flexibility index (Phi) is 26.0. The number of amides is 6. The fourth-order valence-electron chi connectivity index (χ4n) is 14.7. The van der Waals surface area contributed by atoms with Crippen LogP contribution in [0.1, 0.15) is 185 Å². The summed E-state index contributed by atoms with van der Waals surface area (Å²) < 4.78 is 60.2. The molecular weight excluding hydrogens is 1530 g/mol. The third-order valence-corrected chi connectivity index (χ3v) is 22.3. The highest BCUT2D eigenvalue weighted by Crippen LogP contribution is 2.32. The molecule has 0 spiro atoms. The van der Waals surface area contributed by atoms with Crippen LogP contribution in [0, 0.1) is 16.7 Å². The Morgan fingerprint density at radius 2 is 0.866 bits per heavy atom. The number of pyridine rings is 6. The van der Waals surface area contributed by atoms with Gasteiger partial charge in [-0.15, -0.1) is 0 Å². The summed E-state index contributed by atoms with van der Waals surface area (Å²) in [5.74, 6) is -0.629. The first kappa shape index (κ1) is 84.5. The molecule has 4 saturated heterocycles. The number of nitriles is 1.